The second-order valence-electron chi connectivity index (χ2n) is 12.8. The molecule has 6 rings (SSSR count). The number of nitrogens with one attached hydrogen (secondary N) is 1. The monoisotopic (exact) mass is 725 g/mol. The summed E-state index contributed by atoms with van der Waals surface area (Å²) in [4.78, 5) is 36.7. The molecule has 0 spiro atoms. The van der Waals surface area contributed by atoms with Crippen LogP contribution in [0, 0.1) is 11.8 Å². The van der Waals surface area contributed by atoms with Crippen molar-refractivity contribution in [2.75, 3.05) is 57.9 Å². The zero-order valence-electron chi connectivity index (χ0n) is 28.9. The highest BCUT2D eigenvalue weighted by Gasteiger charge is 2.62. The highest BCUT2D eigenvalue weighted by molar-refractivity contribution is 7.93. The van der Waals surface area contributed by atoms with Gasteiger partial charge < -0.3 is 19.1 Å². The molecule has 0 saturated carbocycles. The quantitative estimate of drug-likeness (QED) is 0.279. The van der Waals surface area contributed by atoms with E-state index in [1.807, 2.05) is 5.01 Å². The Balaban J connectivity index is 1.41. The first kappa shape index (κ1) is 35.9. The van der Waals surface area contributed by atoms with Gasteiger partial charge in [-0.25, -0.2) is 22.7 Å². The number of halogens is 1. The van der Waals surface area contributed by atoms with Crippen LogP contribution in [0.4, 0.5) is 5.69 Å². The molecule has 2 saturated heterocycles. The molecule has 3 aliphatic rings. The van der Waals surface area contributed by atoms with Crippen molar-refractivity contribution >= 4 is 39.1 Å². The van der Waals surface area contributed by atoms with Gasteiger partial charge in [0.2, 0.25) is 5.88 Å². The van der Waals surface area contributed by atoms with Gasteiger partial charge in [0.1, 0.15) is 16.4 Å². The molecule has 1 atom stereocenters. The smallest absolute Gasteiger partial charge is 0.274 e. The van der Waals surface area contributed by atoms with E-state index in [1.165, 1.54) is 69.7 Å². The van der Waals surface area contributed by atoms with Crippen molar-refractivity contribution in [3.05, 3.63) is 70.9 Å². The Labute approximate surface area is 298 Å². The number of anilines is 1. The average molecular weight is 726 g/mol. The number of nitrogens with zero attached hydrogens (tertiary/aromatic N) is 4. The first-order valence-corrected chi connectivity index (χ1v) is 18.9. The lowest BCUT2D eigenvalue weighted by Gasteiger charge is -2.40. The molecule has 4 heterocycles. The summed E-state index contributed by atoms with van der Waals surface area (Å²) >= 11 is 6.55. The second kappa shape index (κ2) is 14.7. The maximum absolute atomic E-state index is 15.2. The van der Waals surface area contributed by atoms with E-state index in [0.717, 1.165) is 32.5 Å². The van der Waals surface area contributed by atoms with E-state index < -0.39 is 27.3 Å². The van der Waals surface area contributed by atoms with Crippen molar-refractivity contribution in [1.82, 2.24) is 20.3 Å². The van der Waals surface area contributed by atoms with Crippen molar-refractivity contribution in [3.8, 4) is 17.4 Å². The molecule has 1 unspecified atom stereocenters. The Bertz CT molecular complexity index is 1840. The fourth-order valence-corrected chi connectivity index (χ4v) is 9.45. The minimum Gasteiger partial charge on any atom is -0.497 e. The van der Waals surface area contributed by atoms with Crippen molar-refractivity contribution in [1.29, 1.82) is 0 Å². The number of benzene rings is 2. The van der Waals surface area contributed by atoms with Gasteiger partial charge in [-0.3, -0.25) is 15.0 Å². The van der Waals surface area contributed by atoms with Crippen LogP contribution in [-0.2, 0) is 25.0 Å². The fourth-order valence-electron chi connectivity index (χ4n) is 7.67. The summed E-state index contributed by atoms with van der Waals surface area (Å²) in [5, 5.41) is 2.05. The number of pyridine rings is 1. The number of sulfonamides is 1. The Hall–Kier alpha value is -3.91. The van der Waals surface area contributed by atoms with Crippen LogP contribution in [0.15, 0.2) is 59.6 Å². The van der Waals surface area contributed by atoms with E-state index in [-0.39, 0.29) is 45.0 Å². The second-order valence-corrected chi connectivity index (χ2v) is 15.0. The number of hydrogen-bond donors (Lipinski definition) is 1. The van der Waals surface area contributed by atoms with Crippen molar-refractivity contribution in [3.63, 3.8) is 0 Å². The van der Waals surface area contributed by atoms with Gasteiger partial charge in [0, 0.05) is 41.5 Å². The highest BCUT2D eigenvalue weighted by atomic mass is 35.5. The number of carbonyl (C=O) groups excluding carboxylic acids is 2. The number of ether oxygens (including phenoxy) is 3. The topological polar surface area (TPSA) is 131 Å². The van der Waals surface area contributed by atoms with E-state index in [1.54, 1.807) is 19.1 Å². The van der Waals surface area contributed by atoms with Gasteiger partial charge in [-0.2, -0.15) is 0 Å². The van der Waals surface area contributed by atoms with Gasteiger partial charge in [-0.05, 0) is 100 Å². The lowest BCUT2D eigenvalue weighted by molar-refractivity contribution is -0.137. The number of piperidine rings is 2. The van der Waals surface area contributed by atoms with Crippen LogP contribution in [0.3, 0.4) is 0 Å². The van der Waals surface area contributed by atoms with E-state index in [9.17, 15) is 13.2 Å². The van der Waals surface area contributed by atoms with Gasteiger partial charge in [-0.1, -0.05) is 24.6 Å². The third-order valence-corrected chi connectivity index (χ3v) is 12.3. The van der Waals surface area contributed by atoms with Gasteiger partial charge in [0.05, 0.1) is 26.5 Å². The maximum atomic E-state index is 15.2. The number of rotatable bonds is 11. The van der Waals surface area contributed by atoms with Gasteiger partial charge in [0.25, 0.3) is 21.8 Å². The Morgan fingerprint density at radius 1 is 0.960 bits per heavy atom. The minimum atomic E-state index is -4.68. The van der Waals surface area contributed by atoms with E-state index in [2.05, 4.69) is 22.2 Å². The summed E-state index contributed by atoms with van der Waals surface area (Å²) in [6, 6.07) is 11.7. The molecule has 50 heavy (non-hydrogen) atoms. The molecule has 268 valence electrons. The summed E-state index contributed by atoms with van der Waals surface area (Å²) in [6.45, 7) is 8.62. The molecule has 0 aliphatic carbocycles. The molecule has 3 aliphatic heterocycles. The third-order valence-electron chi connectivity index (χ3n) is 10.3. The van der Waals surface area contributed by atoms with Crippen molar-refractivity contribution in [2.24, 2.45) is 11.8 Å². The normalized spacial score (nSPS) is 20.8. The molecule has 14 heteroatoms. The number of hydrazine groups is 1. The van der Waals surface area contributed by atoms with Crippen LogP contribution in [-0.4, -0.2) is 88.7 Å². The molecule has 1 aromatic heterocycles. The van der Waals surface area contributed by atoms with E-state index >= 15 is 4.79 Å². The van der Waals surface area contributed by atoms with Crippen LogP contribution in [0.5, 0.6) is 17.4 Å². The lowest BCUT2D eigenvalue weighted by Crippen LogP contribution is -2.58. The summed E-state index contributed by atoms with van der Waals surface area (Å²) in [7, 11) is -1.90. The number of carbonyl (C=O) groups is 2. The van der Waals surface area contributed by atoms with Gasteiger partial charge in [0.15, 0.2) is 5.41 Å². The standard InChI is InChI=1S/C36H44ClN5O7S/c1-5-40-18-13-24(14-19-40)25-15-20-41(21-16-25)39-34(43)36(28-8-7-17-38-33(28)49-6-2)29-22-26(37)9-11-30(29)42(35(36)44)50(45,46)32-12-10-27(47-3)23-31(32)48-4/h7-12,17,22-25H,5-6,13-16,18-21H2,1-4H3,(H,39,43). The number of methoxy groups -OCH3 is 2. The molecule has 0 bridgehead atoms. The number of amides is 2. The summed E-state index contributed by atoms with van der Waals surface area (Å²) < 4.78 is 46.5. The zero-order chi connectivity index (χ0) is 35.6. The number of fused-ring (bicyclic) bond motifs is 1. The number of hydrogen-bond acceptors (Lipinski definition) is 10. The summed E-state index contributed by atoms with van der Waals surface area (Å²) in [5.74, 6) is -0.193. The molecule has 1 N–H and O–H groups in total. The van der Waals surface area contributed by atoms with Crippen LogP contribution in [0.1, 0.15) is 50.7 Å². The van der Waals surface area contributed by atoms with Gasteiger partial charge >= 0.3 is 0 Å². The largest absolute Gasteiger partial charge is 0.497 e. The van der Waals surface area contributed by atoms with Crippen LogP contribution >= 0.6 is 11.6 Å². The molecule has 3 aromatic rings. The van der Waals surface area contributed by atoms with Crippen LogP contribution < -0.4 is 23.9 Å². The van der Waals surface area contributed by atoms with Crippen molar-refractivity contribution in [2.45, 2.75) is 49.8 Å². The summed E-state index contributed by atoms with van der Waals surface area (Å²) in [6.07, 6.45) is 5.63. The predicted molar refractivity (Wildman–Crippen MR) is 189 cm³/mol. The first-order chi connectivity index (χ1) is 24.1. The highest BCUT2D eigenvalue weighted by Crippen LogP contribution is 2.52. The predicted octanol–water partition coefficient (Wildman–Crippen LogP) is 4.65. The maximum Gasteiger partial charge on any atom is 0.274 e. The molecule has 0 radical (unpaired) electrons. The minimum absolute atomic E-state index is 0.0177. The SMILES string of the molecule is CCOc1ncccc1C1(C(=O)NN2CCC(C3CCN(CC)CC3)CC2)C(=O)N(S(=O)(=O)c2ccc(OC)cc2OC)c2ccc(Cl)cc21. The molecular formula is C36H44ClN5O7S. The Morgan fingerprint density at radius 2 is 1.66 bits per heavy atom. The average Bonchev–Trinajstić information content (AvgIpc) is 3.40. The Kier molecular flexibility index (Phi) is 10.6. The third kappa shape index (κ3) is 6.29. The van der Waals surface area contributed by atoms with Crippen LogP contribution in [0.25, 0.3) is 0 Å². The molecule has 2 aromatic carbocycles. The fraction of sp³-hybridized carbons (Fsp3) is 0.472. The van der Waals surface area contributed by atoms with E-state index in [4.69, 9.17) is 25.8 Å². The zero-order valence-corrected chi connectivity index (χ0v) is 30.4. The Morgan fingerprint density at radius 3 is 2.30 bits per heavy atom. The van der Waals surface area contributed by atoms with Gasteiger partial charge in [-0.15, -0.1) is 0 Å². The molecule has 12 nitrogen and oxygen atoms in total. The number of aromatic nitrogens is 1. The van der Waals surface area contributed by atoms with Crippen molar-refractivity contribution < 1.29 is 32.2 Å². The molecule has 2 amide bonds. The lowest BCUT2D eigenvalue weighted by atomic mass is 9.74. The summed E-state index contributed by atoms with van der Waals surface area (Å²) in [5.41, 5.74) is 0.976. The molecule has 2 fully saturated rings. The molecular weight excluding hydrogens is 682 g/mol. The number of likely N-dealkylation sites (tertiary alicyclic amines) is 1. The first-order valence-electron chi connectivity index (χ1n) is 17.1. The van der Waals surface area contributed by atoms with Crippen LogP contribution in [0.2, 0.25) is 5.02 Å². The van der Waals surface area contributed by atoms with E-state index in [0.29, 0.717) is 35.0 Å².